The lowest BCUT2D eigenvalue weighted by atomic mass is 10.1. The number of anilines is 1. The van der Waals surface area contributed by atoms with E-state index in [2.05, 4.69) is 15.9 Å². The average molecular weight is 370 g/mol. The Hall–Kier alpha value is -2.55. The molecule has 2 aromatic rings. The van der Waals surface area contributed by atoms with E-state index in [1.165, 1.54) is 0 Å². The van der Waals surface area contributed by atoms with Crippen molar-refractivity contribution in [2.75, 3.05) is 5.73 Å². The van der Waals surface area contributed by atoms with Gasteiger partial charge in [0.05, 0.1) is 21.3 Å². The number of fused-ring (bicyclic) bond motifs is 1. The standard InChI is InChI=1S/C13H6BrF2N3O3/c14-6-1-4(2-7(15)10(6)16)19-8(20)3-5-9(11(19)17)13(22)18-12(5)21/h1-3H,17H2,(H,18,21,22). The molecule has 22 heavy (non-hydrogen) atoms. The zero-order valence-corrected chi connectivity index (χ0v) is 12.2. The molecule has 1 aromatic heterocycles. The van der Waals surface area contributed by atoms with E-state index in [4.69, 9.17) is 5.73 Å². The zero-order chi connectivity index (χ0) is 16.2. The third kappa shape index (κ3) is 1.93. The van der Waals surface area contributed by atoms with Gasteiger partial charge in [-0.1, -0.05) is 0 Å². The summed E-state index contributed by atoms with van der Waals surface area (Å²) in [6.45, 7) is 0. The molecule has 0 saturated carbocycles. The highest BCUT2D eigenvalue weighted by molar-refractivity contribution is 9.10. The minimum absolute atomic E-state index is 0.0803. The summed E-state index contributed by atoms with van der Waals surface area (Å²) >= 11 is 2.82. The number of hydrogen-bond donors (Lipinski definition) is 2. The number of imide groups is 1. The van der Waals surface area contributed by atoms with Crippen molar-refractivity contribution in [2.24, 2.45) is 0 Å². The number of hydrogen-bond acceptors (Lipinski definition) is 4. The maximum atomic E-state index is 13.5. The Kier molecular flexibility index (Phi) is 3.10. The van der Waals surface area contributed by atoms with Gasteiger partial charge >= 0.3 is 0 Å². The van der Waals surface area contributed by atoms with Crippen LogP contribution in [0.4, 0.5) is 14.6 Å². The summed E-state index contributed by atoms with van der Waals surface area (Å²) in [5.74, 6) is -4.14. The van der Waals surface area contributed by atoms with Crippen molar-refractivity contribution < 1.29 is 18.4 Å². The van der Waals surface area contributed by atoms with E-state index in [-0.39, 0.29) is 27.1 Å². The lowest BCUT2D eigenvalue weighted by Gasteiger charge is -2.12. The first-order valence-electron chi connectivity index (χ1n) is 5.87. The van der Waals surface area contributed by atoms with Crippen molar-refractivity contribution in [1.29, 1.82) is 0 Å². The molecule has 112 valence electrons. The van der Waals surface area contributed by atoms with Gasteiger partial charge < -0.3 is 5.73 Å². The van der Waals surface area contributed by atoms with E-state index in [9.17, 15) is 23.2 Å². The Labute approximate surface area is 129 Å². The van der Waals surface area contributed by atoms with Gasteiger partial charge in [0.15, 0.2) is 11.6 Å². The van der Waals surface area contributed by atoms with Crippen LogP contribution in [0.3, 0.4) is 0 Å². The summed E-state index contributed by atoms with van der Waals surface area (Å²) in [7, 11) is 0. The molecule has 2 amide bonds. The summed E-state index contributed by atoms with van der Waals surface area (Å²) in [6, 6.07) is 2.82. The summed E-state index contributed by atoms with van der Waals surface area (Å²) in [5, 5.41) is 2.01. The number of halogens is 3. The normalized spacial score (nSPS) is 13.2. The minimum atomic E-state index is -1.20. The lowest BCUT2D eigenvalue weighted by Crippen LogP contribution is -2.24. The highest BCUT2D eigenvalue weighted by Gasteiger charge is 2.32. The quantitative estimate of drug-likeness (QED) is 0.585. The van der Waals surface area contributed by atoms with Crippen LogP contribution >= 0.6 is 15.9 Å². The van der Waals surface area contributed by atoms with Gasteiger partial charge in [-0.05, 0) is 22.0 Å². The number of aromatic nitrogens is 1. The molecule has 1 aliphatic heterocycles. The van der Waals surface area contributed by atoms with Crippen LogP contribution in [0.5, 0.6) is 0 Å². The van der Waals surface area contributed by atoms with Crippen LogP contribution in [0, 0.1) is 11.6 Å². The van der Waals surface area contributed by atoms with Crippen molar-refractivity contribution in [3.8, 4) is 5.69 Å². The van der Waals surface area contributed by atoms with Gasteiger partial charge in [0.2, 0.25) is 0 Å². The molecule has 0 bridgehead atoms. The summed E-state index contributed by atoms with van der Waals surface area (Å²) < 4.78 is 27.4. The van der Waals surface area contributed by atoms with E-state index >= 15 is 0 Å². The van der Waals surface area contributed by atoms with Crippen molar-refractivity contribution in [2.45, 2.75) is 0 Å². The van der Waals surface area contributed by atoms with E-state index in [0.717, 1.165) is 22.8 Å². The number of nitrogens with two attached hydrogens (primary N) is 1. The summed E-state index contributed by atoms with van der Waals surface area (Å²) in [6.07, 6.45) is 0. The molecule has 1 aromatic carbocycles. The Balaban J connectivity index is 2.35. The fourth-order valence-electron chi connectivity index (χ4n) is 2.22. The Morgan fingerprint density at radius 3 is 2.41 bits per heavy atom. The second-order valence-corrected chi connectivity index (χ2v) is 5.35. The van der Waals surface area contributed by atoms with Gasteiger partial charge in [-0.15, -0.1) is 0 Å². The van der Waals surface area contributed by atoms with Crippen LogP contribution in [-0.2, 0) is 0 Å². The van der Waals surface area contributed by atoms with Crippen molar-refractivity contribution in [3.05, 3.63) is 55.8 Å². The Morgan fingerprint density at radius 1 is 1.09 bits per heavy atom. The van der Waals surface area contributed by atoms with E-state index in [0.29, 0.717) is 0 Å². The number of nitrogens with zero attached hydrogens (tertiary/aromatic N) is 1. The molecule has 6 nitrogen and oxygen atoms in total. The molecule has 0 fully saturated rings. The fourth-order valence-corrected chi connectivity index (χ4v) is 2.64. The monoisotopic (exact) mass is 369 g/mol. The summed E-state index contributed by atoms with van der Waals surface area (Å²) in [4.78, 5) is 35.4. The maximum Gasteiger partial charge on any atom is 0.262 e. The predicted octanol–water partition coefficient (Wildman–Crippen LogP) is 1.34. The molecule has 0 atom stereocenters. The van der Waals surface area contributed by atoms with Gasteiger partial charge in [0.1, 0.15) is 5.82 Å². The average Bonchev–Trinajstić information content (AvgIpc) is 2.71. The first-order valence-corrected chi connectivity index (χ1v) is 6.66. The molecule has 3 N–H and O–H groups in total. The SMILES string of the molecule is Nc1c2c(cc(=O)n1-c1cc(F)c(F)c(Br)c1)C(=O)NC2=O. The van der Waals surface area contributed by atoms with Gasteiger partial charge in [-0.2, -0.15) is 0 Å². The second-order valence-electron chi connectivity index (χ2n) is 4.50. The van der Waals surface area contributed by atoms with E-state index in [1.807, 2.05) is 5.32 Å². The topological polar surface area (TPSA) is 94.2 Å². The van der Waals surface area contributed by atoms with Crippen molar-refractivity contribution in [1.82, 2.24) is 9.88 Å². The molecule has 9 heteroatoms. The Bertz CT molecular complexity index is 900. The third-order valence-corrected chi connectivity index (χ3v) is 3.76. The third-order valence-electron chi connectivity index (χ3n) is 3.18. The number of benzene rings is 1. The zero-order valence-electron chi connectivity index (χ0n) is 10.6. The second kappa shape index (κ2) is 4.73. The molecule has 0 saturated heterocycles. The molecule has 0 spiro atoms. The van der Waals surface area contributed by atoms with E-state index < -0.39 is 29.0 Å². The minimum Gasteiger partial charge on any atom is -0.384 e. The maximum absolute atomic E-state index is 13.5. The highest BCUT2D eigenvalue weighted by Crippen LogP contribution is 2.26. The van der Waals surface area contributed by atoms with Crippen LogP contribution in [0.1, 0.15) is 20.7 Å². The summed E-state index contributed by atoms with van der Waals surface area (Å²) in [5.41, 5.74) is 4.62. The van der Waals surface area contributed by atoms with Gasteiger partial charge in [0.25, 0.3) is 17.4 Å². The smallest absolute Gasteiger partial charge is 0.262 e. The van der Waals surface area contributed by atoms with Crippen LogP contribution in [0.2, 0.25) is 0 Å². The van der Waals surface area contributed by atoms with Gasteiger partial charge in [-0.3, -0.25) is 24.3 Å². The molecule has 0 unspecified atom stereocenters. The molecule has 2 heterocycles. The number of carbonyl (C=O) groups excluding carboxylic acids is 2. The number of rotatable bonds is 1. The molecule has 1 aliphatic rings. The number of carbonyl (C=O) groups is 2. The highest BCUT2D eigenvalue weighted by atomic mass is 79.9. The number of nitrogen functional groups attached to an aromatic ring is 1. The first kappa shape index (κ1) is 14.4. The van der Waals surface area contributed by atoms with Crippen LogP contribution in [0.25, 0.3) is 5.69 Å². The number of amides is 2. The predicted molar refractivity (Wildman–Crippen MR) is 75.9 cm³/mol. The molecular formula is C13H6BrF2N3O3. The van der Waals surface area contributed by atoms with Crippen LogP contribution in [0.15, 0.2) is 27.5 Å². The Morgan fingerprint density at radius 2 is 1.77 bits per heavy atom. The van der Waals surface area contributed by atoms with Crippen LogP contribution < -0.4 is 16.6 Å². The number of nitrogens with one attached hydrogen (secondary N) is 1. The largest absolute Gasteiger partial charge is 0.384 e. The number of pyridine rings is 1. The van der Waals surface area contributed by atoms with E-state index in [1.54, 1.807) is 0 Å². The van der Waals surface area contributed by atoms with Gasteiger partial charge in [-0.25, -0.2) is 8.78 Å². The molecule has 0 radical (unpaired) electrons. The lowest BCUT2D eigenvalue weighted by molar-refractivity contribution is 0.0880. The first-order chi connectivity index (χ1) is 10.3. The van der Waals surface area contributed by atoms with Crippen molar-refractivity contribution in [3.63, 3.8) is 0 Å². The fraction of sp³-hybridized carbons (Fsp3) is 0. The van der Waals surface area contributed by atoms with Crippen molar-refractivity contribution >= 4 is 33.6 Å². The molecule has 3 rings (SSSR count). The molecular weight excluding hydrogens is 364 g/mol. The molecule has 0 aliphatic carbocycles. The van der Waals surface area contributed by atoms with Gasteiger partial charge in [0, 0.05) is 12.1 Å². The van der Waals surface area contributed by atoms with Crippen LogP contribution in [-0.4, -0.2) is 16.4 Å².